The van der Waals surface area contributed by atoms with Gasteiger partial charge in [-0.2, -0.15) is 0 Å². The Morgan fingerprint density at radius 2 is 1.84 bits per heavy atom. The molecule has 1 saturated heterocycles. The lowest BCUT2D eigenvalue weighted by Crippen LogP contribution is -2.27. The van der Waals surface area contributed by atoms with E-state index in [1.165, 1.54) is 16.7 Å². The highest BCUT2D eigenvalue weighted by atomic mass is 79.9. The van der Waals surface area contributed by atoms with E-state index in [0.717, 1.165) is 15.7 Å². The number of carbonyl (C=O) groups is 1. The van der Waals surface area contributed by atoms with Crippen LogP contribution in [0.2, 0.25) is 0 Å². The van der Waals surface area contributed by atoms with Crippen LogP contribution in [0, 0.1) is 0 Å². The van der Waals surface area contributed by atoms with E-state index in [9.17, 15) is 4.79 Å². The molecule has 3 rings (SSSR count). The molecular weight excluding hydrogens is 422 g/mol. The van der Waals surface area contributed by atoms with Crippen LogP contribution in [-0.4, -0.2) is 24.4 Å². The Balaban J connectivity index is 1.97. The van der Waals surface area contributed by atoms with Crippen LogP contribution < -0.4 is 14.4 Å². The molecule has 1 fully saturated rings. The van der Waals surface area contributed by atoms with E-state index in [0.29, 0.717) is 20.7 Å². The molecule has 1 aliphatic heterocycles. The van der Waals surface area contributed by atoms with Gasteiger partial charge in [-0.1, -0.05) is 39.9 Å². The predicted octanol–water partition coefficient (Wildman–Crippen LogP) is 4.87. The SMILES string of the molecule is COc1ccc(OC)c(/C=C2\SC(=S)N(c3ccc(Br)cc3)C2=O)c1. The maximum Gasteiger partial charge on any atom is 0.270 e. The second kappa shape index (κ2) is 7.59. The standard InChI is InChI=1S/C18H14BrNO3S2/c1-22-14-7-8-15(23-2)11(9-14)10-16-17(21)20(18(24)25-16)13-5-3-12(19)4-6-13/h3-10H,1-2H3/b16-10-. The third-order valence-electron chi connectivity index (χ3n) is 3.60. The van der Waals surface area contributed by atoms with Crippen molar-refractivity contribution in [3.8, 4) is 11.5 Å². The average Bonchev–Trinajstić information content (AvgIpc) is 2.89. The van der Waals surface area contributed by atoms with E-state index in [2.05, 4.69) is 15.9 Å². The van der Waals surface area contributed by atoms with E-state index in [4.69, 9.17) is 21.7 Å². The number of hydrogen-bond donors (Lipinski definition) is 0. The van der Waals surface area contributed by atoms with Gasteiger partial charge in [0.05, 0.1) is 24.8 Å². The molecule has 7 heteroatoms. The summed E-state index contributed by atoms with van der Waals surface area (Å²) in [4.78, 5) is 14.9. The topological polar surface area (TPSA) is 38.8 Å². The number of thiocarbonyl (C=S) groups is 1. The highest BCUT2D eigenvalue weighted by molar-refractivity contribution is 9.10. The molecule has 0 unspecified atom stereocenters. The molecule has 2 aromatic carbocycles. The van der Waals surface area contributed by atoms with E-state index in [1.807, 2.05) is 36.4 Å². The second-order valence-corrected chi connectivity index (χ2v) is 7.69. The molecule has 1 heterocycles. The molecule has 0 aliphatic carbocycles. The Morgan fingerprint density at radius 3 is 2.48 bits per heavy atom. The lowest BCUT2D eigenvalue weighted by Gasteiger charge is -2.14. The zero-order valence-corrected chi connectivity index (χ0v) is 16.7. The summed E-state index contributed by atoms with van der Waals surface area (Å²) in [5.41, 5.74) is 1.50. The minimum Gasteiger partial charge on any atom is -0.497 e. The Bertz CT molecular complexity index is 865. The molecule has 0 spiro atoms. The minimum atomic E-state index is -0.151. The smallest absolute Gasteiger partial charge is 0.270 e. The van der Waals surface area contributed by atoms with Crippen LogP contribution in [0.3, 0.4) is 0 Å². The molecule has 1 amide bonds. The molecule has 25 heavy (non-hydrogen) atoms. The molecule has 4 nitrogen and oxygen atoms in total. The summed E-state index contributed by atoms with van der Waals surface area (Å²) in [5, 5.41) is 0. The number of anilines is 1. The first kappa shape index (κ1) is 18.0. The Morgan fingerprint density at radius 1 is 1.12 bits per heavy atom. The van der Waals surface area contributed by atoms with Gasteiger partial charge in [-0.05, 0) is 48.5 Å². The predicted molar refractivity (Wildman–Crippen MR) is 109 cm³/mol. The van der Waals surface area contributed by atoms with Crippen molar-refractivity contribution in [1.29, 1.82) is 0 Å². The van der Waals surface area contributed by atoms with Crippen LogP contribution in [0.5, 0.6) is 11.5 Å². The first-order chi connectivity index (χ1) is 12.0. The number of rotatable bonds is 4. The van der Waals surface area contributed by atoms with Gasteiger partial charge in [-0.25, -0.2) is 0 Å². The lowest BCUT2D eigenvalue weighted by molar-refractivity contribution is -0.113. The van der Waals surface area contributed by atoms with Crippen molar-refractivity contribution in [2.75, 3.05) is 19.1 Å². The van der Waals surface area contributed by atoms with Gasteiger partial charge in [-0.3, -0.25) is 9.69 Å². The van der Waals surface area contributed by atoms with Gasteiger partial charge in [0.1, 0.15) is 11.5 Å². The van der Waals surface area contributed by atoms with Crippen LogP contribution in [0.25, 0.3) is 6.08 Å². The second-order valence-electron chi connectivity index (χ2n) is 5.10. The van der Waals surface area contributed by atoms with Crippen molar-refractivity contribution in [2.24, 2.45) is 0 Å². The van der Waals surface area contributed by atoms with Gasteiger partial charge in [-0.15, -0.1) is 0 Å². The highest BCUT2D eigenvalue weighted by Gasteiger charge is 2.33. The third-order valence-corrected chi connectivity index (χ3v) is 5.43. The van der Waals surface area contributed by atoms with Crippen molar-refractivity contribution >= 4 is 61.9 Å². The number of methoxy groups -OCH3 is 2. The fraction of sp³-hybridized carbons (Fsp3) is 0.111. The maximum atomic E-state index is 12.8. The van der Waals surface area contributed by atoms with Gasteiger partial charge in [0.25, 0.3) is 5.91 Å². The van der Waals surface area contributed by atoms with Gasteiger partial charge >= 0.3 is 0 Å². The first-order valence-corrected chi connectivity index (χ1v) is 9.31. The monoisotopic (exact) mass is 435 g/mol. The number of nitrogens with zero attached hydrogens (tertiary/aromatic N) is 1. The Hall–Kier alpha value is -1.83. The van der Waals surface area contributed by atoms with E-state index >= 15 is 0 Å². The fourth-order valence-electron chi connectivity index (χ4n) is 2.37. The molecule has 0 bridgehead atoms. The molecule has 1 aliphatic rings. The van der Waals surface area contributed by atoms with E-state index in [-0.39, 0.29) is 5.91 Å². The normalized spacial score (nSPS) is 15.8. The number of thioether (sulfide) groups is 1. The summed E-state index contributed by atoms with van der Waals surface area (Å²) in [5.74, 6) is 1.20. The molecule has 128 valence electrons. The maximum absolute atomic E-state index is 12.8. The number of ether oxygens (including phenoxy) is 2. The van der Waals surface area contributed by atoms with Crippen molar-refractivity contribution in [3.05, 3.63) is 57.4 Å². The molecular formula is C18H14BrNO3S2. The fourth-order valence-corrected chi connectivity index (χ4v) is 3.93. The summed E-state index contributed by atoms with van der Waals surface area (Å²) < 4.78 is 12.1. The number of hydrogen-bond acceptors (Lipinski definition) is 5. The number of carbonyl (C=O) groups excluding carboxylic acids is 1. The quantitative estimate of drug-likeness (QED) is 0.505. The average molecular weight is 436 g/mol. The molecule has 0 saturated carbocycles. The van der Waals surface area contributed by atoms with Crippen LogP contribution in [0.1, 0.15) is 5.56 Å². The largest absolute Gasteiger partial charge is 0.497 e. The van der Waals surface area contributed by atoms with Crippen molar-refractivity contribution in [2.45, 2.75) is 0 Å². The summed E-state index contributed by atoms with van der Waals surface area (Å²) in [6.07, 6.45) is 1.78. The molecule has 0 atom stereocenters. The lowest BCUT2D eigenvalue weighted by atomic mass is 10.1. The van der Waals surface area contributed by atoms with Crippen molar-refractivity contribution in [3.63, 3.8) is 0 Å². The van der Waals surface area contributed by atoms with Crippen LogP contribution in [-0.2, 0) is 4.79 Å². The van der Waals surface area contributed by atoms with Crippen LogP contribution in [0.4, 0.5) is 5.69 Å². The zero-order valence-electron chi connectivity index (χ0n) is 13.5. The van der Waals surface area contributed by atoms with Gasteiger partial charge in [0.15, 0.2) is 4.32 Å². The number of halogens is 1. The minimum absolute atomic E-state index is 0.151. The van der Waals surface area contributed by atoms with Crippen molar-refractivity contribution < 1.29 is 14.3 Å². The summed E-state index contributed by atoms with van der Waals surface area (Å²) in [6, 6.07) is 12.9. The summed E-state index contributed by atoms with van der Waals surface area (Å²) in [7, 11) is 3.19. The summed E-state index contributed by atoms with van der Waals surface area (Å²) >= 11 is 10.1. The van der Waals surface area contributed by atoms with Crippen LogP contribution >= 0.6 is 39.9 Å². The van der Waals surface area contributed by atoms with Crippen molar-refractivity contribution in [1.82, 2.24) is 0 Å². The molecule has 0 radical (unpaired) electrons. The van der Waals surface area contributed by atoms with Crippen LogP contribution in [0.15, 0.2) is 51.8 Å². The van der Waals surface area contributed by atoms with E-state index in [1.54, 1.807) is 26.4 Å². The first-order valence-electron chi connectivity index (χ1n) is 7.29. The van der Waals surface area contributed by atoms with Gasteiger partial charge < -0.3 is 9.47 Å². The zero-order chi connectivity index (χ0) is 18.0. The van der Waals surface area contributed by atoms with Gasteiger partial charge in [0.2, 0.25) is 0 Å². The molecule has 2 aromatic rings. The summed E-state index contributed by atoms with van der Waals surface area (Å²) in [6.45, 7) is 0. The Labute approximate surface area is 163 Å². The molecule has 0 N–H and O–H groups in total. The highest BCUT2D eigenvalue weighted by Crippen LogP contribution is 2.38. The van der Waals surface area contributed by atoms with E-state index < -0.39 is 0 Å². The number of benzene rings is 2. The van der Waals surface area contributed by atoms with Gasteiger partial charge in [0, 0.05) is 10.0 Å². The number of amides is 1. The Kier molecular flexibility index (Phi) is 5.46. The molecule has 0 aromatic heterocycles. The third kappa shape index (κ3) is 3.73.